The number of rotatable bonds is 8. The summed E-state index contributed by atoms with van der Waals surface area (Å²) < 4.78 is 0. The highest BCUT2D eigenvalue weighted by atomic mass is 32.2. The average molecular weight is 408 g/mol. The van der Waals surface area contributed by atoms with Gasteiger partial charge in [0.1, 0.15) is 5.82 Å². The van der Waals surface area contributed by atoms with Crippen molar-refractivity contribution in [1.29, 1.82) is 0 Å². The molecule has 0 aliphatic carbocycles. The van der Waals surface area contributed by atoms with Crippen molar-refractivity contribution >= 4 is 23.5 Å². The van der Waals surface area contributed by atoms with Crippen LogP contribution in [0.4, 0.5) is 5.82 Å². The van der Waals surface area contributed by atoms with E-state index in [0.717, 1.165) is 40.0 Å². The molecule has 0 bridgehead atoms. The van der Waals surface area contributed by atoms with Gasteiger partial charge in [-0.2, -0.15) is 0 Å². The Morgan fingerprint density at radius 2 is 1.76 bits per heavy atom. The van der Waals surface area contributed by atoms with E-state index in [4.69, 9.17) is 0 Å². The van der Waals surface area contributed by atoms with Crippen LogP contribution in [0.3, 0.4) is 0 Å². The van der Waals surface area contributed by atoms with Gasteiger partial charge in [0.25, 0.3) is 5.91 Å². The number of nitrogens with zero attached hydrogens (tertiary/aromatic N) is 4. The van der Waals surface area contributed by atoms with Gasteiger partial charge >= 0.3 is 0 Å². The zero-order valence-electron chi connectivity index (χ0n) is 16.9. The number of aryl methyl sites for hydroxylation is 1. The molecule has 0 aliphatic heterocycles. The van der Waals surface area contributed by atoms with E-state index in [2.05, 4.69) is 27.2 Å². The van der Waals surface area contributed by atoms with Gasteiger partial charge in [0.05, 0.1) is 0 Å². The van der Waals surface area contributed by atoms with Crippen molar-refractivity contribution in [1.82, 2.24) is 20.3 Å². The SMILES string of the molecule is CCc1cc(N(C)C)nc(SCc2ccc(C(=O)NCc3ccncc3)cc2)n1. The van der Waals surface area contributed by atoms with Crippen LogP contribution in [0.2, 0.25) is 0 Å². The Morgan fingerprint density at radius 1 is 1.03 bits per heavy atom. The van der Waals surface area contributed by atoms with Crippen LogP contribution in [0, 0.1) is 0 Å². The first-order valence-corrected chi connectivity index (χ1v) is 10.5. The number of amides is 1. The summed E-state index contributed by atoms with van der Waals surface area (Å²) in [5.41, 5.74) is 3.82. The van der Waals surface area contributed by atoms with Gasteiger partial charge in [-0.25, -0.2) is 9.97 Å². The van der Waals surface area contributed by atoms with Crippen LogP contribution in [0.15, 0.2) is 60.0 Å². The van der Waals surface area contributed by atoms with Crippen LogP contribution >= 0.6 is 11.8 Å². The molecule has 2 aromatic heterocycles. The fourth-order valence-electron chi connectivity index (χ4n) is 2.62. The Morgan fingerprint density at radius 3 is 2.41 bits per heavy atom. The lowest BCUT2D eigenvalue weighted by Crippen LogP contribution is -2.22. The Balaban J connectivity index is 1.58. The molecule has 1 N–H and O–H groups in total. The maximum atomic E-state index is 12.3. The van der Waals surface area contributed by atoms with Crippen molar-refractivity contribution in [2.24, 2.45) is 0 Å². The molecule has 0 aliphatic rings. The minimum atomic E-state index is -0.0874. The lowest BCUT2D eigenvalue weighted by atomic mass is 10.1. The zero-order valence-corrected chi connectivity index (χ0v) is 17.7. The summed E-state index contributed by atoms with van der Waals surface area (Å²) >= 11 is 1.60. The topological polar surface area (TPSA) is 71.0 Å². The summed E-state index contributed by atoms with van der Waals surface area (Å²) in [7, 11) is 3.96. The third-order valence-electron chi connectivity index (χ3n) is 4.35. The van der Waals surface area contributed by atoms with Crippen molar-refractivity contribution in [2.75, 3.05) is 19.0 Å². The summed E-state index contributed by atoms with van der Waals surface area (Å²) in [5.74, 6) is 1.58. The standard InChI is InChI=1S/C22H25N5OS/c1-4-19-13-20(27(2)3)26-22(25-19)29-15-17-5-7-18(8-6-17)21(28)24-14-16-9-11-23-12-10-16/h5-13H,4,14-15H2,1-3H3,(H,24,28). The number of anilines is 1. The molecule has 1 aromatic carbocycles. The van der Waals surface area contributed by atoms with Crippen LogP contribution in [0.5, 0.6) is 0 Å². The van der Waals surface area contributed by atoms with Crippen molar-refractivity contribution < 1.29 is 4.79 Å². The number of carbonyl (C=O) groups is 1. The minimum absolute atomic E-state index is 0.0874. The van der Waals surface area contributed by atoms with Crippen LogP contribution in [0.1, 0.15) is 34.1 Å². The monoisotopic (exact) mass is 407 g/mol. The van der Waals surface area contributed by atoms with E-state index in [1.54, 1.807) is 24.2 Å². The Kier molecular flexibility index (Phi) is 7.19. The van der Waals surface area contributed by atoms with Gasteiger partial charge in [-0.15, -0.1) is 0 Å². The summed E-state index contributed by atoms with van der Waals surface area (Å²) in [6.45, 7) is 2.58. The van der Waals surface area contributed by atoms with Gasteiger partial charge in [-0.1, -0.05) is 30.8 Å². The Labute approximate surface area is 175 Å². The molecule has 2 heterocycles. The number of pyridine rings is 1. The molecule has 0 saturated heterocycles. The van der Waals surface area contributed by atoms with E-state index in [9.17, 15) is 4.79 Å². The van der Waals surface area contributed by atoms with E-state index in [1.807, 2.05) is 61.5 Å². The molecule has 0 saturated carbocycles. The fourth-order valence-corrected chi connectivity index (χ4v) is 3.45. The molecule has 1 amide bonds. The molecular weight excluding hydrogens is 382 g/mol. The molecule has 0 atom stereocenters. The molecular formula is C22H25N5OS. The molecule has 29 heavy (non-hydrogen) atoms. The molecule has 3 rings (SSSR count). The summed E-state index contributed by atoms with van der Waals surface area (Å²) in [6.07, 6.45) is 4.31. The lowest BCUT2D eigenvalue weighted by Gasteiger charge is -2.13. The Hall–Kier alpha value is -2.93. The third-order valence-corrected chi connectivity index (χ3v) is 5.27. The van der Waals surface area contributed by atoms with E-state index < -0.39 is 0 Å². The first-order chi connectivity index (χ1) is 14.0. The van der Waals surface area contributed by atoms with Gasteiger partial charge < -0.3 is 10.2 Å². The maximum absolute atomic E-state index is 12.3. The van der Waals surface area contributed by atoms with Gasteiger partial charge in [0.15, 0.2) is 5.16 Å². The van der Waals surface area contributed by atoms with Crippen LogP contribution in [0.25, 0.3) is 0 Å². The predicted octanol–water partition coefficient (Wildman–Crippen LogP) is 3.72. The van der Waals surface area contributed by atoms with Crippen molar-refractivity contribution in [3.05, 3.63) is 77.2 Å². The largest absolute Gasteiger partial charge is 0.363 e. The maximum Gasteiger partial charge on any atom is 0.251 e. The molecule has 7 heteroatoms. The van der Waals surface area contributed by atoms with E-state index in [-0.39, 0.29) is 5.91 Å². The van der Waals surface area contributed by atoms with Gasteiger partial charge in [-0.05, 0) is 41.8 Å². The lowest BCUT2D eigenvalue weighted by molar-refractivity contribution is 0.0951. The highest BCUT2D eigenvalue weighted by Crippen LogP contribution is 2.22. The summed E-state index contributed by atoms with van der Waals surface area (Å²) in [4.78, 5) is 27.5. The number of benzene rings is 1. The summed E-state index contributed by atoms with van der Waals surface area (Å²) in [6, 6.07) is 13.5. The number of hydrogen-bond donors (Lipinski definition) is 1. The first-order valence-electron chi connectivity index (χ1n) is 9.49. The molecule has 6 nitrogen and oxygen atoms in total. The quantitative estimate of drug-likeness (QED) is 0.453. The molecule has 3 aromatic rings. The van der Waals surface area contributed by atoms with Crippen molar-refractivity contribution in [3.8, 4) is 0 Å². The van der Waals surface area contributed by atoms with Gasteiger partial charge in [0, 0.05) is 56.1 Å². The first kappa shape index (κ1) is 20.8. The molecule has 0 unspecified atom stereocenters. The Bertz CT molecular complexity index is 945. The fraction of sp³-hybridized carbons (Fsp3) is 0.273. The van der Waals surface area contributed by atoms with Crippen LogP contribution in [-0.4, -0.2) is 35.0 Å². The molecule has 0 radical (unpaired) electrons. The second-order valence-corrected chi connectivity index (χ2v) is 7.71. The van der Waals surface area contributed by atoms with Gasteiger partial charge in [-0.3, -0.25) is 9.78 Å². The second kappa shape index (κ2) is 10.0. The van der Waals surface area contributed by atoms with Crippen molar-refractivity contribution in [2.45, 2.75) is 30.8 Å². The minimum Gasteiger partial charge on any atom is -0.363 e. The smallest absolute Gasteiger partial charge is 0.251 e. The van der Waals surface area contributed by atoms with E-state index in [0.29, 0.717) is 12.1 Å². The highest BCUT2D eigenvalue weighted by molar-refractivity contribution is 7.98. The van der Waals surface area contributed by atoms with Crippen LogP contribution in [-0.2, 0) is 18.7 Å². The third kappa shape index (κ3) is 6.02. The predicted molar refractivity (Wildman–Crippen MR) is 117 cm³/mol. The van der Waals surface area contributed by atoms with E-state index in [1.165, 1.54) is 0 Å². The van der Waals surface area contributed by atoms with Gasteiger partial charge in [0.2, 0.25) is 0 Å². The normalized spacial score (nSPS) is 10.6. The average Bonchev–Trinajstić information content (AvgIpc) is 2.76. The van der Waals surface area contributed by atoms with E-state index >= 15 is 0 Å². The highest BCUT2D eigenvalue weighted by Gasteiger charge is 2.08. The number of aromatic nitrogens is 3. The molecule has 0 fully saturated rings. The number of nitrogens with one attached hydrogen (secondary N) is 1. The summed E-state index contributed by atoms with van der Waals surface area (Å²) in [5, 5.41) is 3.70. The van der Waals surface area contributed by atoms with Crippen LogP contribution < -0.4 is 10.2 Å². The number of hydrogen-bond acceptors (Lipinski definition) is 6. The number of carbonyl (C=O) groups excluding carboxylic acids is 1. The van der Waals surface area contributed by atoms with Crippen molar-refractivity contribution in [3.63, 3.8) is 0 Å². The molecule has 0 spiro atoms. The zero-order chi connectivity index (χ0) is 20.6. The molecule has 150 valence electrons. The second-order valence-electron chi connectivity index (χ2n) is 6.77. The number of thioether (sulfide) groups is 1.